The van der Waals surface area contributed by atoms with E-state index in [2.05, 4.69) is 30.5 Å². The minimum atomic E-state index is -0.168. The summed E-state index contributed by atoms with van der Waals surface area (Å²) in [6.07, 6.45) is 4.85. The molecule has 0 radical (unpaired) electrons. The summed E-state index contributed by atoms with van der Waals surface area (Å²) in [5.74, 6) is 1.10. The number of carbonyl (C=O) groups is 2. The summed E-state index contributed by atoms with van der Waals surface area (Å²) in [7, 11) is 1.64. The minimum Gasteiger partial charge on any atom is -0.497 e. The highest BCUT2D eigenvalue weighted by molar-refractivity contribution is 6.10. The molecular weight excluding hydrogens is 376 g/mol. The SMILES string of the molecule is COc1ccc2c(c1)/C(=C/C(=O)c1cccc(C(=O)NCC3CC3)c1)NC(C)(C)C2. The molecule has 2 N–H and O–H groups in total. The van der Waals surface area contributed by atoms with E-state index in [4.69, 9.17) is 4.74 Å². The molecule has 1 aliphatic heterocycles. The molecule has 30 heavy (non-hydrogen) atoms. The van der Waals surface area contributed by atoms with Crippen LogP contribution in [0.25, 0.3) is 5.70 Å². The summed E-state index contributed by atoms with van der Waals surface area (Å²) < 4.78 is 5.37. The number of hydrogen-bond donors (Lipinski definition) is 2. The van der Waals surface area contributed by atoms with Crippen molar-refractivity contribution >= 4 is 17.4 Å². The summed E-state index contributed by atoms with van der Waals surface area (Å²) in [5.41, 5.74) is 3.76. The molecule has 2 aliphatic rings. The van der Waals surface area contributed by atoms with Crippen LogP contribution in [0.15, 0.2) is 48.5 Å². The van der Waals surface area contributed by atoms with Crippen LogP contribution in [0.2, 0.25) is 0 Å². The first kappa shape index (κ1) is 20.2. The molecule has 0 aromatic heterocycles. The summed E-state index contributed by atoms with van der Waals surface area (Å²) >= 11 is 0. The van der Waals surface area contributed by atoms with Gasteiger partial charge in [0, 0.05) is 40.5 Å². The topological polar surface area (TPSA) is 67.4 Å². The quantitative estimate of drug-likeness (QED) is 0.564. The maximum atomic E-state index is 13.1. The highest BCUT2D eigenvalue weighted by Crippen LogP contribution is 2.32. The van der Waals surface area contributed by atoms with E-state index in [1.54, 1.807) is 37.5 Å². The molecule has 1 aliphatic carbocycles. The number of ketones is 1. The Hall–Kier alpha value is -3.08. The second-order valence-corrected chi connectivity index (χ2v) is 8.87. The van der Waals surface area contributed by atoms with Gasteiger partial charge in [0.2, 0.25) is 0 Å². The van der Waals surface area contributed by atoms with Gasteiger partial charge in [-0.2, -0.15) is 0 Å². The number of benzene rings is 2. The maximum Gasteiger partial charge on any atom is 0.251 e. The van der Waals surface area contributed by atoms with Crippen LogP contribution in [0, 0.1) is 5.92 Å². The number of fused-ring (bicyclic) bond motifs is 1. The highest BCUT2D eigenvalue weighted by Gasteiger charge is 2.28. The van der Waals surface area contributed by atoms with Gasteiger partial charge < -0.3 is 15.4 Å². The van der Waals surface area contributed by atoms with Gasteiger partial charge in [-0.3, -0.25) is 9.59 Å². The fourth-order valence-corrected chi connectivity index (χ4v) is 3.84. The van der Waals surface area contributed by atoms with Gasteiger partial charge in [0.15, 0.2) is 5.78 Å². The van der Waals surface area contributed by atoms with Crippen LogP contribution < -0.4 is 15.4 Å². The first-order valence-corrected chi connectivity index (χ1v) is 10.4. The number of ether oxygens (including phenoxy) is 1. The number of hydrogen-bond acceptors (Lipinski definition) is 4. The van der Waals surface area contributed by atoms with Crippen molar-refractivity contribution in [3.05, 3.63) is 70.8 Å². The van der Waals surface area contributed by atoms with E-state index >= 15 is 0 Å². The standard InChI is InChI=1S/C25H28N2O3/c1-25(2)14-19-9-10-20(30-3)12-21(19)22(27-25)13-23(28)17-5-4-6-18(11-17)24(29)26-15-16-7-8-16/h4-6,9-13,16,27H,7-8,14-15H2,1-3H3,(H,26,29)/b22-13-. The highest BCUT2D eigenvalue weighted by atomic mass is 16.5. The Morgan fingerprint density at radius 1 is 1.17 bits per heavy atom. The van der Waals surface area contributed by atoms with E-state index in [0.717, 1.165) is 23.4 Å². The van der Waals surface area contributed by atoms with Crippen LogP contribution >= 0.6 is 0 Å². The molecule has 0 bridgehead atoms. The second kappa shape index (κ2) is 7.98. The zero-order valence-electron chi connectivity index (χ0n) is 17.7. The van der Waals surface area contributed by atoms with E-state index in [9.17, 15) is 9.59 Å². The van der Waals surface area contributed by atoms with Crippen LogP contribution in [0.1, 0.15) is 58.5 Å². The molecule has 2 aromatic rings. The fourth-order valence-electron chi connectivity index (χ4n) is 3.84. The third-order valence-electron chi connectivity index (χ3n) is 5.65. The first-order valence-electron chi connectivity index (χ1n) is 10.4. The van der Waals surface area contributed by atoms with E-state index in [1.165, 1.54) is 18.4 Å². The lowest BCUT2D eigenvalue weighted by molar-refractivity contribution is 0.0952. The molecule has 2 aromatic carbocycles. The number of carbonyl (C=O) groups excluding carboxylic acids is 2. The Labute approximate surface area is 177 Å². The lowest BCUT2D eigenvalue weighted by Crippen LogP contribution is -2.43. The van der Waals surface area contributed by atoms with Gasteiger partial charge in [-0.15, -0.1) is 0 Å². The predicted molar refractivity (Wildman–Crippen MR) is 118 cm³/mol. The molecule has 0 unspecified atom stereocenters. The van der Waals surface area contributed by atoms with Crippen molar-refractivity contribution in [1.29, 1.82) is 0 Å². The van der Waals surface area contributed by atoms with Crippen molar-refractivity contribution in [1.82, 2.24) is 10.6 Å². The van der Waals surface area contributed by atoms with Crippen LogP contribution in [0.5, 0.6) is 5.75 Å². The van der Waals surface area contributed by atoms with E-state index in [1.807, 2.05) is 12.1 Å². The van der Waals surface area contributed by atoms with Crippen LogP contribution in [0.3, 0.4) is 0 Å². The number of amides is 1. The predicted octanol–water partition coefficient (Wildman–Crippen LogP) is 3.98. The zero-order chi connectivity index (χ0) is 21.3. The smallest absolute Gasteiger partial charge is 0.251 e. The van der Waals surface area contributed by atoms with Crippen LogP contribution in [0.4, 0.5) is 0 Å². The number of rotatable bonds is 6. The van der Waals surface area contributed by atoms with E-state index in [0.29, 0.717) is 23.6 Å². The molecule has 0 atom stereocenters. The number of nitrogens with one attached hydrogen (secondary N) is 2. The van der Waals surface area contributed by atoms with Gasteiger partial charge in [0.1, 0.15) is 5.75 Å². The van der Waals surface area contributed by atoms with E-state index in [-0.39, 0.29) is 17.2 Å². The lowest BCUT2D eigenvalue weighted by atomic mass is 9.85. The Balaban J connectivity index is 1.60. The van der Waals surface area contributed by atoms with Crippen molar-refractivity contribution in [2.75, 3.05) is 13.7 Å². The molecule has 1 heterocycles. The average molecular weight is 405 g/mol. The molecule has 156 valence electrons. The molecule has 0 saturated heterocycles. The molecule has 5 heteroatoms. The largest absolute Gasteiger partial charge is 0.497 e. The summed E-state index contributed by atoms with van der Waals surface area (Å²) in [4.78, 5) is 25.5. The average Bonchev–Trinajstić information content (AvgIpc) is 3.55. The zero-order valence-corrected chi connectivity index (χ0v) is 17.7. The Kier molecular flexibility index (Phi) is 5.37. The van der Waals surface area contributed by atoms with Gasteiger partial charge in [0.25, 0.3) is 5.91 Å². The minimum absolute atomic E-state index is 0.129. The van der Waals surface area contributed by atoms with Crippen molar-refractivity contribution < 1.29 is 14.3 Å². The van der Waals surface area contributed by atoms with E-state index < -0.39 is 0 Å². The van der Waals surface area contributed by atoms with Crippen LogP contribution in [-0.4, -0.2) is 30.9 Å². The Morgan fingerprint density at radius 3 is 2.67 bits per heavy atom. The molecule has 0 spiro atoms. The molecule has 5 nitrogen and oxygen atoms in total. The second-order valence-electron chi connectivity index (χ2n) is 8.87. The summed E-state index contributed by atoms with van der Waals surface area (Å²) in [6, 6.07) is 12.9. The van der Waals surface area contributed by atoms with Crippen molar-refractivity contribution in [2.45, 2.75) is 38.6 Å². The Bertz CT molecular complexity index is 1020. The molecule has 4 rings (SSSR count). The number of allylic oxidation sites excluding steroid dienone is 1. The van der Waals surface area contributed by atoms with Crippen LogP contribution in [-0.2, 0) is 6.42 Å². The molecule has 1 amide bonds. The third kappa shape index (κ3) is 4.56. The van der Waals surface area contributed by atoms with Gasteiger partial charge in [-0.25, -0.2) is 0 Å². The van der Waals surface area contributed by atoms with Gasteiger partial charge in [-0.1, -0.05) is 18.2 Å². The van der Waals surface area contributed by atoms with Gasteiger partial charge >= 0.3 is 0 Å². The normalized spacial score (nSPS) is 18.3. The van der Waals surface area contributed by atoms with Crippen molar-refractivity contribution in [2.24, 2.45) is 5.92 Å². The fraction of sp³-hybridized carbons (Fsp3) is 0.360. The molecule has 1 fully saturated rings. The monoisotopic (exact) mass is 404 g/mol. The first-order chi connectivity index (χ1) is 14.3. The molecular formula is C25H28N2O3. The maximum absolute atomic E-state index is 13.1. The third-order valence-corrected chi connectivity index (χ3v) is 5.65. The van der Waals surface area contributed by atoms with Crippen molar-refractivity contribution in [3.63, 3.8) is 0 Å². The molecule has 1 saturated carbocycles. The van der Waals surface area contributed by atoms with Gasteiger partial charge in [-0.05, 0) is 68.9 Å². The number of methoxy groups -OCH3 is 1. The summed E-state index contributed by atoms with van der Waals surface area (Å²) in [5, 5.41) is 6.44. The Morgan fingerprint density at radius 2 is 1.93 bits per heavy atom. The summed E-state index contributed by atoms with van der Waals surface area (Å²) in [6.45, 7) is 4.94. The lowest BCUT2D eigenvalue weighted by Gasteiger charge is -2.35. The van der Waals surface area contributed by atoms with Gasteiger partial charge in [0.05, 0.1) is 7.11 Å². The van der Waals surface area contributed by atoms with Crippen molar-refractivity contribution in [3.8, 4) is 5.75 Å².